The summed E-state index contributed by atoms with van der Waals surface area (Å²) in [5, 5.41) is 6.62. The molecule has 2 N–H and O–H groups in total. The molecule has 0 unspecified atom stereocenters. The van der Waals surface area contributed by atoms with Crippen LogP contribution in [0.1, 0.15) is 25.1 Å². The van der Waals surface area contributed by atoms with Gasteiger partial charge in [0, 0.05) is 13.5 Å². The average Bonchev–Trinajstić information content (AvgIpc) is 2.68. The second kappa shape index (κ2) is 6.67. The standard InChI is InChI=1S/C9H18N4O3S/c1-3-4-10-5-6-17(14,15)11-7-9-12-8(2)16-13-9/h10-11H,3-7H2,1-2H3. The SMILES string of the molecule is CCCNCCS(=O)(=O)NCc1noc(C)n1. The molecule has 0 bridgehead atoms. The average molecular weight is 262 g/mol. The summed E-state index contributed by atoms with van der Waals surface area (Å²) in [6, 6.07) is 0. The third-order valence-corrected chi connectivity index (χ3v) is 3.32. The lowest BCUT2D eigenvalue weighted by Gasteiger charge is -2.05. The molecular weight excluding hydrogens is 244 g/mol. The molecule has 0 aromatic carbocycles. The number of sulfonamides is 1. The molecule has 0 amide bonds. The lowest BCUT2D eigenvalue weighted by atomic mass is 10.5. The van der Waals surface area contributed by atoms with Crippen LogP contribution in [0.3, 0.4) is 0 Å². The van der Waals surface area contributed by atoms with Crippen molar-refractivity contribution < 1.29 is 12.9 Å². The quantitative estimate of drug-likeness (QED) is 0.630. The van der Waals surface area contributed by atoms with Crippen molar-refractivity contribution in [1.82, 2.24) is 20.2 Å². The number of hydrogen-bond acceptors (Lipinski definition) is 6. The van der Waals surface area contributed by atoms with Crippen LogP contribution in [-0.4, -0.2) is 37.4 Å². The Hall–Kier alpha value is -0.990. The van der Waals surface area contributed by atoms with Crippen LogP contribution in [0.4, 0.5) is 0 Å². The van der Waals surface area contributed by atoms with Gasteiger partial charge >= 0.3 is 0 Å². The molecule has 7 nitrogen and oxygen atoms in total. The van der Waals surface area contributed by atoms with Crippen molar-refractivity contribution in [1.29, 1.82) is 0 Å². The molecule has 0 saturated carbocycles. The molecule has 98 valence electrons. The maximum Gasteiger partial charge on any atom is 0.223 e. The van der Waals surface area contributed by atoms with Crippen LogP contribution in [0.15, 0.2) is 4.52 Å². The van der Waals surface area contributed by atoms with E-state index in [1.807, 2.05) is 6.92 Å². The largest absolute Gasteiger partial charge is 0.340 e. The summed E-state index contributed by atoms with van der Waals surface area (Å²) in [6.45, 7) is 5.00. The van der Waals surface area contributed by atoms with E-state index < -0.39 is 10.0 Å². The van der Waals surface area contributed by atoms with E-state index in [0.717, 1.165) is 13.0 Å². The summed E-state index contributed by atoms with van der Waals surface area (Å²) in [6.07, 6.45) is 0.982. The molecule has 1 aromatic rings. The summed E-state index contributed by atoms with van der Waals surface area (Å²) in [5.41, 5.74) is 0. The van der Waals surface area contributed by atoms with Crippen molar-refractivity contribution in [3.63, 3.8) is 0 Å². The zero-order valence-electron chi connectivity index (χ0n) is 10.1. The molecule has 17 heavy (non-hydrogen) atoms. The highest BCUT2D eigenvalue weighted by Crippen LogP contribution is 1.95. The van der Waals surface area contributed by atoms with Crippen LogP contribution < -0.4 is 10.0 Å². The predicted octanol–water partition coefficient (Wildman–Crippen LogP) is -0.203. The van der Waals surface area contributed by atoms with Gasteiger partial charge in [-0.15, -0.1) is 0 Å². The molecule has 1 aromatic heterocycles. The summed E-state index contributed by atoms with van der Waals surface area (Å²) in [7, 11) is -3.29. The van der Waals surface area contributed by atoms with E-state index in [0.29, 0.717) is 18.3 Å². The van der Waals surface area contributed by atoms with Crippen molar-refractivity contribution >= 4 is 10.0 Å². The Labute approximate surface area is 101 Å². The number of nitrogens with one attached hydrogen (secondary N) is 2. The monoisotopic (exact) mass is 262 g/mol. The fourth-order valence-corrected chi connectivity index (χ4v) is 2.07. The van der Waals surface area contributed by atoms with Crippen molar-refractivity contribution in [2.45, 2.75) is 26.8 Å². The van der Waals surface area contributed by atoms with Gasteiger partial charge in [0.15, 0.2) is 5.82 Å². The van der Waals surface area contributed by atoms with Gasteiger partial charge in [-0.1, -0.05) is 12.1 Å². The van der Waals surface area contributed by atoms with Gasteiger partial charge in [0.25, 0.3) is 0 Å². The fraction of sp³-hybridized carbons (Fsp3) is 0.778. The van der Waals surface area contributed by atoms with Gasteiger partial charge in [-0.05, 0) is 13.0 Å². The Morgan fingerprint density at radius 3 is 2.71 bits per heavy atom. The summed E-state index contributed by atoms with van der Waals surface area (Å²) < 4.78 is 30.2. The normalized spacial score (nSPS) is 11.9. The second-order valence-electron chi connectivity index (χ2n) is 3.62. The van der Waals surface area contributed by atoms with Gasteiger partial charge in [-0.25, -0.2) is 13.1 Å². The van der Waals surface area contributed by atoms with Crippen LogP contribution in [-0.2, 0) is 16.6 Å². The molecule has 0 aliphatic rings. The topological polar surface area (TPSA) is 97.1 Å². The maximum atomic E-state index is 11.5. The van der Waals surface area contributed by atoms with Crippen molar-refractivity contribution in [2.75, 3.05) is 18.8 Å². The Morgan fingerprint density at radius 2 is 2.12 bits per heavy atom. The van der Waals surface area contributed by atoms with Gasteiger partial charge in [0.05, 0.1) is 12.3 Å². The molecule has 0 spiro atoms. The molecule has 0 radical (unpaired) electrons. The molecule has 0 fully saturated rings. The van der Waals surface area contributed by atoms with Gasteiger partial charge < -0.3 is 9.84 Å². The lowest BCUT2D eigenvalue weighted by molar-refractivity contribution is 0.387. The first-order valence-corrected chi connectivity index (χ1v) is 7.16. The number of aromatic nitrogens is 2. The smallest absolute Gasteiger partial charge is 0.223 e. The predicted molar refractivity (Wildman–Crippen MR) is 62.8 cm³/mol. The van der Waals surface area contributed by atoms with E-state index in [4.69, 9.17) is 4.52 Å². The first kappa shape index (κ1) is 14.1. The molecule has 8 heteroatoms. The first-order valence-electron chi connectivity index (χ1n) is 5.50. The van der Waals surface area contributed by atoms with E-state index in [9.17, 15) is 8.42 Å². The molecule has 0 saturated heterocycles. The van der Waals surface area contributed by atoms with Crippen molar-refractivity contribution in [3.8, 4) is 0 Å². The molecular formula is C9H18N4O3S. The molecule has 1 heterocycles. The van der Waals surface area contributed by atoms with Crippen LogP contribution in [0.25, 0.3) is 0 Å². The number of nitrogens with zero attached hydrogens (tertiary/aromatic N) is 2. The molecule has 0 aliphatic carbocycles. The summed E-state index contributed by atoms with van der Waals surface area (Å²) in [4.78, 5) is 3.90. The third kappa shape index (κ3) is 5.76. The number of rotatable bonds is 8. The van der Waals surface area contributed by atoms with Crippen LogP contribution in [0.2, 0.25) is 0 Å². The maximum absolute atomic E-state index is 11.5. The first-order chi connectivity index (χ1) is 8.03. The third-order valence-electron chi connectivity index (χ3n) is 1.99. The Kier molecular flexibility index (Phi) is 5.52. The number of hydrogen-bond donors (Lipinski definition) is 2. The second-order valence-corrected chi connectivity index (χ2v) is 5.55. The van der Waals surface area contributed by atoms with Gasteiger partial charge in [-0.2, -0.15) is 4.98 Å². The summed E-state index contributed by atoms with van der Waals surface area (Å²) >= 11 is 0. The van der Waals surface area contributed by atoms with Gasteiger partial charge in [0.2, 0.25) is 15.9 Å². The van der Waals surface area contributed by atoms with Crippen LogP contribution >= 0.6 is 0 Å². The van der Waals surface area contributed by atoms with E-state index in [-0.39, 0.29) is 12.3 Å². The highest BCUT2D eigenvalue weighted by molar-refractivity contribution is 7.89. The van der Waals surface area contributed by atoms with Crippen molar-refractivity contribution in [3.05, 3.63) is 11.7 Å². The fourth-order valence-electron chi connectivity index (χ4n) is 1.17. The van der Waals surface area contributed by atoms with E-state index in [1.54, 1.807) is 6.92 Å². The minimum atomic E-state index is -3.29. The minimum Gasteiger partial charge on any atom is -0.340 e. The Morgan fingerprint density at radius 1 is 1.35 bits per heavy atom. The minimum absolute atomic E-state index is 0.0455. The molecule has 0 aliphatic heterocycles. The summed E-state index contributed by atoms with van der Waals surface area (Å²) in [5.74, 6) is 0.806. The molecule has 1 rings (SSSR count). The Bertz CT molecular complexity index is 429. The zero-order valence-corrected chi connectivity index (χ0v) is 10.9. The Balaban J connectivity index is 2.29. The van der Waals surface area contributed by atoms with Gasteiger partial charge in [0.1, 0.15) is 0 Å². The zero-order chi connectivity index (χ0) is 12.7. The lowest BCUT2D eigenvalue weighted by Crippen LogP contribution is -2.32. The van der Waals surface area contributed by atoms with E-state index in [1.165, 1.54) is 0 Å². The van der Waals surface area contributed by atoms with Gasteiger partial charge in [-0.3, -0.25) is 0 Å². The van der Waals surface area contributed by atoms with E-state index >= 15 is 0 Å². The molecule has 0 atom stereocenters. The number of aryl methyl sites for hydroxylation is 1. The van der Waals surface area contributed by atoms with Crippen LogP contribution in [0.5, 0.6) is 0 Å². The van der Waals surface area contributed by atoms with Crippen molar-refractivity contribution in [2.24, 2.45) is 0 Å². The van der Waals surface area contributed by atoms with E-state index in [2.05, 4.69) is 20.2 Å². The highest BCUT2D eigenvalue weighted by Gasteiger charge is 2.11. The highest BCUT2D eigenvalue weighted by atomic mass is 32.2. The van der Waals surface area contributed by atoms with Crippen LogP contribution in [0, 0.1) is 6.92 Å².